The third kappa shape index (κ3) is 4.20. The Hall–Kier alpha value is -3.13. The van der Waals surface area contributed by atoms with Crippen molar-refractivity contribution in [2.75, 3.05) is 49.2 Å². The van der Waals surface area contributed by atoms with E-state index in [-0.39, 0.29) is 19.1 Å². The Bertz CT molecular complexity index is 955. The van der Waals surface area contributed by atoms with Crippen LogP contribution in [0.2, 0.25) is 0 Å². The molecular formula is C23H28N4O4. The van der Waals surface area contributed by atoms with Crippen molar-refractivity contribution in [2.24, 2.45) is 0 Å². The zero-order chi connectivity index (χ0) is 22.0. The number of anilines is 2. The minimum Gasteiger partial charge on any atom is -0.447 e. The molecule has 1 aromatic heterocycles. The first-order valence-electron chi connectivity index (χ1n) is 10.7. The molecular weight excluding hydrogens is 396 g/mol. The van der Waals surface area contributed by atoms with Crippen molar-refractivity contribution >= 4 is 23.5 Å². The van der Waals surface area contributed by atoms with Crippen LogP contribution in [-0.4, -0.2) is 72.4 Å². The fourth-order valence-electron chi connectivity index (χ4n) is 4.13. The van der Waals surface area contributed by atoms with Crippen LogP contribution in [0, 0.1) is 6.92 Å². The van der Waals surface area contributed by atoms with Gasteiger partial charge in [-0.2, -0.15) is 0 Å². The van der Waals surface area contributed by atoms with Gasteiger partial charge in [0.2, 0.25) is 0 Å². The number of rotatable bonds is 5. The SMILES string of the molecule is CCc1cnc(N2CCN(C(=O)c3ccc(N4C(=O)OCC4CO)cc3)CC2)c(C)c1. The van der Waals surface area contributed by atoms with Gasteiger partial charge in [0.25, 0.3) is 5.91 Å². The number of ether oxygens (including phenoxy) is 1. The average Bonchev–Trinajstić information content (AvgIpc) is 3.19. The molecule has 8 heteroatoms. The fourth-order valence-corrected chi connectivity index (χ4v) is 4.13. The molecule has 0 radical (unpaired) electrons. The Morgan fingerprint density at radius 3 is 2.52 bits per heavy atom. The van der Waals surface area contributed by atoms with Gasteiger partial charge in [0, 0.05) is 43.6 Å². The normalized spacial score (nSPS) is 19.0. The molecule has 1 unspecified atom stereocenters. The van der Waals surface area contributed by atoms with Crippen molar-refractivity contribution in [3.8, 4) is 0 Å². The van der Waals surface area contributed by atoms with Crippen molar-refractivity contribution in [3.05, 3.63) is 53.2 Å². The molecule has 2 fully saturated rings. The van der Waals surface area contributed by atoms with Gasteiger partial charge in [-0.3, -0.25) is 9.69 Å². The number of benzene rings is 1. The highest BCUT2D eigenvalue weighted by Crippen LogP contribution is 2.24. The third-order valence-corrected chi connectivity index (χ3v) is 5.95. The predicted molar refractivity (Wildman–Crippen MR) is 118 cm³/mol. The Morgan fingerprint density at radius 2 is 1.90 bits per heavy atom. The number of aryl methyl sites for hydroxylation is 2. The van der Waals surface area contributed by atoms with E-state index in [9.17, 15) is 14.7 Å². The molecule has 1 atom stereocenters. The second-order valence-corrected chi connectivity index (χ2v) is 7.95. The molecule has 2 saturated heterocycles. The first-order chi connectivity index (χ1) is 15.0. The van der Waals surface area contributed by atoms with Crippen molar-refractivity contribution in [1.82, 2.24) is 9.88 Å². The van der Waals surface area contributed by atoms with E-state index in [2.05, 4.69) is 29.8 Å². The smallest absolute Gasteiger partial charge is 0.414 e. The van der Waals surface area contributed by atoms with Crippen LogP contribution in [0.15, 0.2) is 36.5 Å². The van der Waals surface area contributed by atoms with Gasteiger partial charge in [0.1, 0.15) is 12.4 Å². The first-order valence-corrected chi connectivity index (χ1v) is 10.7. The summed E-state index contributed by atoms with van der Waals surface area (Å²) in [6, 6.07) is 8.67. The van der Waals surface area contributed by atoms with Gasteiger partial charge in [-0.1, -0.05) is 13.0 Å². The number of piperazine rings is 1. The number of carbonyl (C=O) groups excluding carboxylic acids is 2. The largest absolute Gasteiger partial charge is 0.447 e. The minimum absolute atomic E-state index is 0.0279. The lowest BCUT2D eigenvalue weighted by atomic mass is 10.1. The van der Waals surface area contributed by atoms with Gasteiger partial charge in [-0.15, -0.1) is 0 Å². The van der Waals surface area contributed by atoms with E-state index >= 15 is 0 Å². The number of amides is 2. The van der Waals surface area contributed by atoms with Crippen LogP contribution in [0.4, 0.5) is 16.3 Å². The molecule has 164 valence electrons. The molecule has 1 N–H and O–H groups in total. The van der Waals surface area contributed by atoms with Crippen LogP contribution in [0.5, 0.6) is 0 Å². The second kappa shape index (κ2) is 8.93. The zero-order valence-corrected chi connectivity index (χ0v) is 18.0. The Labute approximate surface area is 182 Å². The summed E-state index contributed by atoms with van der Waals surface area (Å²) in [5.74, 6) is 0.963. The van der Waals surface area contributed by atoms with Crippen LogP contribution in [0.1, 0.15) is 28.4 Å². The molecule has 2 aliphatic heterocycles. The molecule has 0 spiro atoms. The number of pyridine rings is 1. The predicted octanol–water partition coefficient (Wildman–Crippen LogP) is 2.23. The maximum Gasteiger partial charge on any atom is 0.414 e. The summed E-state index contributed by atoms with van der Waals surface area (Å²) in [6.45, 7) is 6.92. The number of hydrogen-bond donors (Lipinski definition) is 1. The van der Waals surface area contributed by atoms with Gasteiger partial charge in [-0.05, 0) is 48.7 Å². The zero-order valence-electron chi connectivity index (χ0n) is 18.0. The third-order valence-electron chi connectivity index (χ3n) is 5.95. The van der Waals surface area contributed by atoms with Crippen LogP contribution >= 0.6 is 0 Å². The van der Waals surface area contributed by atoms with E-state index < -0.39 is 12.1 Å². The van der Waals surface area contributed by atoms with Crippen LogP contribution in [0.3, 0.4) is 0 Å². The fraction of sp³-hybridized carbons (Fsp3) is 0.435. The highest BCUT2D eigenvalue weighted by Gasteiger charge is 2.34. The van der Waals surface area contributed by atoms with Crippen LogP contribution in [0.25, 0.3) is 0 Å². The maximum absolute atomic E-state index is 13.0. The Balaban J connectivity index is 1.39. The summed E-state index contributed by atoms with van der Waals surface area (Å²) in [5.41, 5.74) is 3.58. The molecule has 0 saturated carbocycles. The lowest BCUT2D eigenvalue weighted by Gasteiger charge is -2.36. The summed E-state index contributed by atoms with van der Waals surface area (Å²) in [7, 11) is 0. The summed E-state index contributed by atoms with van der Waals surface area (Å²) >= 11 is 0. The molecule has 4 rings (SSSR count). The van der Waals surface area contributed by atoms with Gasteiger partial charge in [0.15, 0.2) is 0 Å². The number of aromatic nitrogens is 1. The first kappa shape index (κ1) is 21.1. The summed E-state index contributed by atoms with van der Waals surface area (Å²) < 4.78 is 5.01. The topological polar surface area (TPSA) is 86.2 Å². The molecule has 1 aromatic carbocycles. The minimum atomic E-state index is -0.481. The van der Waals surface area contributed by atoms with Crippen LogP contribution < -0.4 is 9.80 Å². The van der Waals surface area contributed by atoms with E-state index in [4.69, 9.17) is 4.74 Å². The van der Waals surface area contributed by atoms with Gasteiger partial charge in [-0.25, -0.2) is 9.78 Å². The van der Waals surface area contributed by atoms with E-state index in [0.717, 1.165) is 30.9 Å². The number of cyclic esters (lactones) is 1. The summed E-state index contributed by atoms with van der Waals surface area (Å²) in [6.07, 6.45) is 2.42. The molecule has 2 aromatic rings. The maximum atomic E-state index is 13.0. The number of carbonyl (C=O) groups is 2. The van der Waals surface area contributed by atoms with Crippen molar-refractivity contribution < 1.29 is 19.4 Å². The molecule has 3 heterocycles. The van der Waals surface area contributed by atoms with E-state index in [1.54, 1.807) is 24.3 Å². The number of aliphatic hydroxyl groups excluding tert-OH is 1. The summed E-state index contributed by atoms with van der Waals surface area (Å²) in [4.78, 5) is 35.0. The molecule has 0 aliphatic carbocycles. The lowest BCUT2D eigenvalue weighted by molar-refractivity contribution is 0.0746. The number of aliphatic hydroxyl groups is 1. The highest BCUT2D eigenvalue weighted by molar-refractivity contribution is 5.96. The Kier molecular flexibility index (Phi) is 6.08. The summed E-state index contributed by atoms with van der Waals surface area (Å²) in [5, 5.41) is 9.43. The lowest BCUT2D eigenvalue weighted by Crippen LogP contribution is -2.49. The molecule has 2 aliphatic rings. The van der Waals surface area contributed by atoms with Crippen molar-refractivity contribution in [1.29, 1.82) is 0 Å². The molecule has 0 bridgehead atoms. The Morgan fingerprint density at radius 1 is 1.19 bits per heavy atom. The van der Waals surface area contributed by atoms with E-state index in [1.165, 1.54) is 10.5 Å². The van der Waals surface area contributed by atoms with Crippen molar-refractivity contribution in [3.63, 3.8) is 0 Å². The van der Waals surface area contributed by atoms with Gasteiger partial charge < -0.3 is 19.6 Å². The molecule has 8 nitrogen and oxygen atoms in total. The second-order valence-electron chi connectivity index (χ2n) is 7.95. The highest BCUT2D eigenvalue weighted by atomic mass is 16.6. The quantitative estimate of drug-likeness (QED) is 0.792. The van der Waals surface area contributed by atoms with Gasteiger partial charge in [0.05, 0.1) is 12.6 Å². The average molecular weight is 425 g/mol. The standard InChI is InChI=1S/C23H28N4O4/c1-3-17-12-16(2)21(24-13-17)25-8-10-26(11-9-25)22(29)18-4-6-19(7-5-18)27-20(14-28)15-31-23(27)30/h4-7,12-13,20,28H,3,8-11,14-15H2,1-2H3. The van der Waals surface area contributed by atoms with E-state index in [0.29, 0.717) is 24.3 Å². The number of hydrogen-bond acceptors (Lipinski definition) is 6. The van der Waals surface area contributed by atoms with Crippen molar-refractivity contribution in [2.45, 2.75) is 26.3 Å². The van der Waals surface area contributed by atoms with Gasteiger partial charge >= 0.3 is 6.09 Å². The molecule has 2 amide bonds. The molecule has 31 heavy (non-hydrogen) atoms. The monoisotopic (exact) mass is 424 g/mol. The number of nitrogens with zero attached hydrogens (tertiary/aromatic N) is 4. The van der Waals surface area contributed by atoms with Crippen LogP contribution in [-0.2, 0) is 11.2 Å². The van der Waals surface area contributed by atoms with E-state index in [1.807, 2.05) is 11.1 Å².